The highest BCUT2D eigenvalue weighted by Crippen LogP contribution is 2.36. The topological polar surface area (TPSA) is 46.6 Å². The molecule has 1 atom stereocenters. The first-order valence-electron chi connectivity index (χ1n) is 10.4. The van der Waals surface area contributed by atoms with Gasteiger partial charge in [-0.3, -0.25) is 4.99 Å². The molecular formula is C26H21N5. The van der Waals surface area contributed by atoms with Crippen LogP contribution in [-0.4, -0.2) is 28.1 Å². The quantitative estimate of drug-likeness (QED) is 0.387. The van der Waals surface area contributed by atoms with Gasteiger partial charge in [0.25, 0.3) is 0 Å². The van der Waals surface area contributed by atoms with Crippen LogP contribution in [-0.2, 0) is 0 Å². The summed E-state index contributed by atoms with van der Waals surface area (Å²) in [4.78, 5) is 9.24. The molecule has 5 aromatic rings. The van der Waals surface area contributed by atoms with Crippen LogP contribution in [0.3, 0.4) is 0 Å². The van der Waals surface area contributed by atoms with Crippen LogP contribution < -0.4 is 5.32 Å². The van der Waals surface area contributed by atoms with Gasteiger partial charge in [0.1, 0.15) is 5.82 Å². The van der Waals surface area contributed by atoms with E-state index in [-0.39, 0.29) is 6.29 Å². The van der Waals surface area contributed by atoms with Crippen LogP contribution in [0.4, 0.5) is 5.82 Å². The number of nitrogens with one attached hydrogen (secondary N) is 1. The Hall–Kier alpha value is -4.12. The number of aliphatic imine (C=N–C) groups is 2. The second-order valence-corrected chi connectivity index (χ2v) is 7.66. The summed E-state index contributed by atoms with van der Waals surface area (Å²) in [6.07, 6.45) is 1.80. The Bertz CT molecular complexity index is 1400. The van der Waals surface area contributed by atoms with Crippen molar-refractivity contribution in [1.82, 2.24) is 9.13 Å². The molecule has 6 rings (SSSR count). The van der Waals surface area contributed by atoms with Crippen LogP contribution in [0, 0.1) is 0 Å². The van der Waals surface area contributed by atoms with Crippen molar-refractivity contribution in [2.24, 2.45) is 9.98 Å². The van der Waals surface area contributed by atoms with Gasteiger partial charge in [0.2, 0.25) is 6.29 Å². The molecule has 150 valence electrons. The number of nitrogens with zero attached hydrogens (tertiary/aromatic N) is 4. The minimum atomic E-state index is -0.286. The van der Waals surface area contributed by atoms with Gasteiger partial charge in [-0.15, -0.1) is 0 Å². The van der Waals surface area contributed by atoms with Gasteiger partial charge in [0.05, 0.1) is 23.3 Å². The van der Waals surface area contributed by atoms with Gasteiger partial charge in [-0.05, 0) is 37.0 Å². The summed E-state index contributed by atoms with van der Waals surface area (Å²) in [5.74, 6) is 1.02. The van der Waals surface area contributed by atoms with E-state index in [2.05, 4.69) is 111 Å². The van der Waals surface area contributed by atoms with E-state index >= 15 is 0 Å². The average molecular weight is 403 g/mol. The smallest absolute Gasteiger partial charge is 0.202 e. The van der Waals surface area contributed by atoms with E-state index in [1.54, 1.807) is 0 Å². The van der Waals surface area contributed by atoms with Crippen molar-refractivity contribution in [3.05, 3.63) is 96.7 Å². The van der Waals surface area contributed by atoms with Gasteiger partial charge in [-0.1, -0.05) is 54.6 Å². The van der Waals surface area contributed by atoms with Crippen LogP contribution in [0.25, 0.3) is 27.5 Å². The van der Waals surface area contributed by atoms with Crippen molar-refractivity contribution >= 4 is 40.1 Å². The molecular weight excluding hydrogens is 382 g/mol. The Kier molecular flexibility index (Phi) is 3.99. The number of aromatic nitrogens is 2. The number of rotatable bonds is 4. The Labute approximate surface area is 180 Å². The monoisotopic (exact) mass is 403 g/mol. The van der Waals surface area contributed by atoms with E-state index in [0.717, 1.165) is 33.8 Å². The van der Waals surface area contributed by atoms with E-state index in [0.29, 0.717) is 6.54 Å². The Balaban J connectivity index is 1.58. The standard InChI is InChI=1S/C26H21N5/c1-27-17-22-21-15-16-30(18-9-3-2-4-10-18)25(21)29-26(28-22)31-23-13-7-5-11-19(23)20-12-6-8-14-24(20)31/h2-16,26,29H,1,17H2. The third-order valence-electron chi connectivity index (χ3n) is 5.90. The summed E-state index contributed by atoms with van der Waals surface area (Å²) in [6, 6.07) is 29.4. The van der Waals surface area contributed by atoms with Crippen LogP contribution in [0.2, 0.25) is 0 Å². The van der Waals surface area contributed by atoms with Crippen molar-refractivity contribution in [3.63, 3.8) is 0 Å². The number of hydrogen-bond donors (Lipinski definition) is 1. The van der Waals surface area contributed by atoms with E-state index < -0.39 is 0 Å². The van der Waals surface area contributed by atoms with Crippen molar-refractivity contribution in [1.29, 1.82) is 0 Å². The molecule has 5 nitrogen and oxygen atoms in total. The average Bonchev–Trinajstić information content (AvgIpc) is 3.39. The fourth-order valence-electron chi connectivity index (χ4n) is 4.56. The normalized spacial score (nSPS) is 15.5. The summed E-state index contributed by atoms with van der Waals surface area (Å²) >= 11 is 0. The minimum Gasteiger partial charge on any atom is -0.332 e. The number of anilines is 1. The number of fused-ring (bicyclic) bond motifs is 4. The van der Waals surface area contributed by atoms with E-state index in [1.165, 1.54) is 10.8 Å². The maximum Gasteiger partial charge on any atom is 0.202 e. The molecule has 3 heterocycles. The highest BCUT2D eigenvalue weighted by atomic mass is 15.3. The Morgan fingerprint density at radius 3 is 2.16 bits per heavy atom. The maximum atomic E-state index is 5.08. The molecule has 1 unspecified atom stereocenters. The molecule has 0 fully saturated rings. The van der Waals surface area contributed by atoms with Gasteiger partial charge < -0.3 is 14.5 Å². The fourth-order valence-corrected chi connectivity index (χ4v) is 4.56. The molecule has 0 spiro atoms. The third kappa shape index (κ3) is 2.70. The summed E-state index contributed by atoms with van der Waals surface area (Å²) in [5.41, 5.74) is 5.40. The number of para-hydroxylation sites is 3. The molecule has 3 aromatic carbocycles. The summed E-state index contributed by atoms with van der Waals surface area (Å²) < 4.78 is 4.45. The van der Waals surface area contributed by atoms with E-state index in [9.17, 15) is 0 Å². The molecule has 0 aliphatic carbocycles. The molecule has 1 N–H and O–H groups in total. The van der Waals surface area contributed by atoms with Crippen LogP contribution >= 0.6 is 0 Å². The van der Waals surface area contributed by atoms with Gasteiger partial charge in [0.15, 0.2) is 0 Å². The third-order valence-corrected chi connectivity index (χ3v) is 5.90. The lowest BCUT2D eigenvalue weighted by atomic mass is 10.1. The number of benzene rings is 3. The molecule has 31 heavy (non-hydrogen) atoms. The second kappa shape index (κ2) is 6.99. The minimum absolute atomic E-state index is 0.286. The van der Waals surface area contributed by atoms with E-state index in [1.807, 2.05) is 6.07 Å². The molecule has 1 aliphatic rings. The highest BCUT2D eigenvalue weighted by Gasteiger charge is 2.26. The first-order chi connectivity index (χ1) is 15.3. The molecule has 2 aromatic heterocycles. The zero-order valence-corrected chi connectivity index (χ0v) is 16.9. The lowest BCUT2D eigenvalue weighted by molar-refractivity contribution is 0.617. The van der Waals surface area contributed by atoms with Crippen molar-refractivity contribution in [2.45, 2.75) is 6.29 Å². The zero-order valence-electron chi connectivity index (χ0n) is 16.9. The summed E-state index contributed by atoms with van der Waals surface area (Å²) in [7, 11) is 0. The lowest BCUT2D eigenvalue weighted by Gasteiger charge is -2.27. The maximum absolute atomic E-state index is 5.08. The molecule has 0 amide bonds. The van der Waals surface area contributed by atoms with Crippen LogP contribution in [0.1, 0.15) is 11.9 Å². The van der Waals surface area contributed by atoms with Crippen molar-refractivity contribution in [3.8, 4) is 5.69 Å². The largest absolute Gasteiger partial charge is 0.332 e. The van der Waals surface area contributed by atoms with Crippen molar-refractivity contribution < 1.29 is 0 Å². The zero-order chi connectivity index (χ0) is 20.8. The van der Waals surface area contributed by atoms with Crippen LogP contribution in [0.5, 0.6) is 0 Å². The van der Waals surface area contributed by atoms with E-state index in [4.69, 9.17) is 4.99 Å². The predicted molar refractivity (Wildman–Crippen MR) is 129 cm³/mol. The molecule has 0 radical (unpaired) electrons. The van der Waals surface area contributed by atoms with Gasteiger partial charge >= 0.3 is 0 Å². The van der Waals surface area contributed by atoms with Crippen LogP contribution in [0.15, 0.2) is 101 Å². The molecule has 5 heteroatoms. The first kappa shape index (κ1) is 17.7. The Morgan fingerprint density at radius 1 is 0.839 bits per heavy atom. The fraction of sp³-hybridized carbons (Fsp3) is 0.0769. The molecule has 0 bridgehead atoms. The SMILES string of the molecule is C=NCC1=NC(n2c3ccccc3c3ccccc32)Nc2c1ccn2-c1ccccc1. The first-order valence-corrected chi connectivity index (χ1v) is 10.4. The lowest BCUT2D eigenvalue weighted by Crippen LogP contribution is -2.26. The summed E-state index contributed by atoms with van der Waals surface area (Å²) in [6.45, 7) is 4.19. The molecule has 0 saturated heterocycles. The highest BCUT2D eigenvalue weighted by molar-refractivity contribution is 6.10. The van der Waals surface area contributed by atoms with Gasteiger partial charge in [-0.2, -0.15) is 0 Å². The summed E-state index contributed by atoms with van der Waals surface area (Å²) in [5, 5.41) is 6.15. The Morgan fingerprint density at radius 2 is 1.48 bits per heavy atom. The van der Waals surface area contributed by atoms with Gasteiger partial charge in [-0.25, -0.2) is 4.99 Å². The van der Waals surface area contributed by atoms with Crippen molar-refractivity contribution in [2.75, 3.05) is 11.9 Å². The predicted octanol–water partition coefficient (Wildman–Crippen LogP) is 5.66. The molecule has 1 aliphatic heterocycles. The number of hydrogen-bond acceptors (Lipinski definition) is 3. The van der Waals surface area contributed by atoms with Gasteiger partial charge in [0, 0.05) is 28.2 Å². The molecule has 0 saturated carbocycles. The second-order valence-electron chi connectivity index (χ2n) is 7.66.